The van der Waals surface area contributed by atoms with Gasteiger partial charge in [0.1, 0.15) is 23.3 Å². The van der Waals surface area contributed by atoms with E-state index in [1.54, 1.807) is 0 Å². The van der Waals surface area contributed by atoms with E-state index in [9.17, 15) is 13.8 Å². The number of H-pyrrole nitrogens is 1. The summed E-state index contributed by atoms with van der Waals surface area (Å²) in [6, 6.07) is 20.7. The summed E-state index contributed by atoms with van der Waals surface area (Å²) in [6.07, 6.45) is 1.42. The van der Waals surface area contributed by atoms with Gasteiger partial charge in [-0.3, -0.25) is 9.59 Å². The number of anilines is 2. The molecule has 0 aliphatic carbocycles. The third-order valence-corrected chi connectivity index (χ3v) is 9.86. The maximum atomic E-state index is 13.7. The van der Waals surface area contributed by atoms with Crippen LogP contribution in [0.3, 0.4) is 0 Å². The lowest BCUT2D eigenvalue weighted by atomic mass is 9.74. The Kier molecular flexibility index (Phi) is 11.7. The molecule has 5 rings (SSSR count). The van der Waals surface area contributed by atoms with Crippen molar-refractivity contribution < 1.29 is 13.7 Å². The van der Waals surface area contributed by atoms with Gasteiger partial charge in [0.25, 0.3) is 5.91 Å². The summed E-state index contributed by atoms with van der Waals surface area (Å²) >= 11 is 0. The largest absolute Gasteiger partial charge is 0.491 e. The first-order valence-electron chi connectivity index (χ1n) is 16.1. The molecule has 0 fully saturated rings. The number of hydrogen-bond acceptors (Lipinski definition) is 6. The van der Waals surface area contributed by atoms with E-state index in [4.69, 9.17) is 10.5 Å². The number of benzene rings is 3. The lowest BCUT2D eigenvalue weighted by Crippen LogP contribution is -2.48. The highest BCUT2D eigenvalue weighted by Gasteiger charge is 2.36. The molecule has 1 amide bonds. The Bertz CT molecular complexity index is 1780. The van der Waals surface area contributed by atoms with Crippen LogP contribution in [0, 0.1) is 13.8 Å². The number of amides is 1. The number of hydrogen-bond donors (Lipinski definition) is 4. The lowest BCUT2D eigenvalue weighted by molar-refractivity contribution is 0.0905. The lowest BCUT2D eigenvalue weighted by Gasteiger charge is -2.38. The van der Waals surface area contributed by atoms with Crippen LogP contribution in [0.5, 0.6) is 5.75 Å². The van der Waals surface area contributed by atoms with Gasteiger partial charge in [-0.2, -0.15) is 0 Å². The molecule has 0 radical (unpaired) electrons. The number of ether oxygens (including phenoxy) is 1. The number of aromatic nitrogens is 1. The number of para-hydroxylation sites is 1. The Morgan fingerprint density at radius 1 is 1.09 bits per heavy atom. The van der Waals surface area contributed by atoms with Crippen LogP contribution in [0.2, 0.25) is 0 Å². The highest BCUT2D eigenvalue weighted by molar-refractivity contribution is 7.82. The zero-order valence-corrected chi connectivity index (χ0v) is 29.2. The molecule has 0 bridgehead atoms. The van der Waals surface area contributed by atoms with Crippen LogP contribution in [-0.2, 0) is 17.5 Å². The highest BCUT2D eigenvalue weighted by Crippen LogP contribution is 2.41. The van der Waals surface area contributed by atoms with Gasteiger partial charge in [0.05, 0.1) is 21.8 Å². The molecule has 0 spiro atoms. The van der Waals surface area contributed by atoms with E-state index in [1.807, 2.05) is 76.2 Å². The molecule has 3 aromatic carbocycles. The van der Waals surface area contributed by atoms with E-state index in [-0.39, 0.29) is 17.4 Å². The van der Waals surface area contributed by atoms with Gasteiger partial charge in [0.2, 0.25) is 5.56 Å². The van der Waals surface area contributed by atoms with E-state index >= 15 is 0 Å². The normalized spacial score (nSPS) is 15.3. The van der Waals surface area contributed by atoms with Crippen molar-refractivity contribution in [3.05, 3.63) is 117 Å². The zero-order chi connectivity index (χ0) is 34.3. The summed E-state index contributed by atoms with van der Waals surface area (Å²) in [4.78, 5) is 28.3. The van der Waals surface area contributed by atoms with Gasteiger partial charge in [-0.15, -0.1) is 0 Å². The van der Waals surface area contributed by atoms with Gasteiger partial charge in [0, 0.05) is 43.4 Å². The van der Waals surface area contributed by atoms with Crippen LogP contribution in [0.15, 0.2) is 82.6 Å². The number of carbonyl (C=O) groups is 1. The smallest absolute Gasteiger partial charge is 0.253 e. The summed E-state index contributed by atoms with van der Waals surface area (Å²) in [5.41, 5.74) is 12.5. The topological polar surface area (TPSA) is 130 Å². The van der Waals surface area contributed by atoms with E-state index in [0.29, 0.717) is 41.6 Å². The third-order valence-electron chi connectivity index (χ3n) is 8.36. The fourth-order valence-electron chi connectivity index (χ4n) is 5.94. The van der Waals surface area contributed by atoms with Crippen LogP contribution in [-0.4, -0.2) is 44.6 Å². The number of nitrogens with two attached hydrogens (primary N) is 1. The number of aromatic amines is 1. The molecule has 1 aromatic heterocycles. The maximum absolute atomic E-state index is 13.7. The SMILES string of the molecule is CC.CCNc1ccc(C(c2ccc(C)c(CN3CCOc4ccccc4S3=O)c2)C(C)(C)NC(=O)c2ccc(=O)[nH]c2)c(C)c1N. The molecular weight excluding hydrogens is 611 g/mol. The van der Waals surface area contributed by atoms with Crippen molar-refractivity contribution in [1.82, 2.24) is 14.6 Å². The molecule has 10 heteroatoms. The predicted octanol–water partition coefficient (Wildman–Crippen LogP) is 6.29. The maximum Gasteiger partial charge on any atom is 0.253 e. The second-order valence-corrected chi connectivity index (χ2v) is 13.4. The highest BCUT2D eigenvalue weighted by atomic mass is 32.2. The molecule has 2 atom stereocenters. The summed E-state index contributed by atoms with van der Waals surface area (Å²) in [7, 11) is -1.39. The molecule has 1 aliphatic rings. The van der Waals surface area contributed by atoms with Crippen molar-refractivity contribution in [2.45, 2.75) is 71.4 Å². The first kappa shape index (κ1) is 35.4. The minimum Gasteiger partial charge on any atom is -0.491 e. The number of nitrogens with one attached hydrogen (secondary N) is 3. The van der Waals surface area contributed by atoms with Crippen molar-refractivity contribution in [1.29, 1.82) is 0 Å². The van der Waals surface area contributed by atoms with E-state index in [2.05, 4.69) is 46.8 Å². The van der Waals surface area contributed by atoms with Crippen LogP contribution in [0.25, 0.3) is 0 Å². The number of rotatable bonds is 9. The van der Waals surface area contributed by atoms with Crippen molar-refractivity contribution in [2.24, 2.45) is 0 Å². The first-order chi connectivity index (χ1) is 22.5. The fraction of sp³-hybridized carbons (Fsp3) is 0.351. The van der Waals surface area contributed by atoms with E-state index in [1.165, 1.54) is 18.3 Å². The number of nitrogen functional groups attached to an aromatic ring is 1. The third kappa shape index (κ3) is 7.94. The Morgan fingerprint density at radius 2 is 1.83 bits per heavy atom. The van der Waals surface area contributed by atoms with Crippen molar-refractivity contribution >= 4 is 28.3 Å². The Hall–Kier alpha value is -4.41. The quantitative estimate of drug-likeness (QED) is 0.157. The molecule has 250 valence electrons. The van der Waals surface area contributed by atoms with Crippen LogP contribution >= 0.6 is 0 Å². The molecule has 0 saturated carbocycles. The summed E-state index contributed by atoms with van der Waals surface area (Å²) in [5.74, 6) is 0.0419. The first-order valence-corrected chi connectivity index (χ1v) is 17.2. The number of nitrogens with zero attached hydrogens (tertiary/aromatic N) is 1. The Balaban J connectivity index is 0.00000245. The average Bonchev–Trinajstić information content (AvgIpc) is 3.21. The number of fused-ring (bicyclic) bond motifs is 1. The van der Waals surface area contributed by atoms with Crippen molar-refractivity contribution in [3.63, 3.8) is 0 Å². The van der Waals surface area contributed by atoms with E-state index < -0.39 is 16.5 Å². The molecule has 4 aromatic rings. The molecule has 47 heavy (non-hydrogen) atoms. The predicted molar refractivity (Wildman–Crippen MR) is 191 cm³/mol. The zero-order valence-electron chi connectivity index (χ0n) is 28.4. The van der Waals surface area contributed by atoms with Gasteiger partial charge in [-0.1, -0.05) is 50.2 Å². The monoisotopic (exact) mass is 657 g/mol. The van der Waals surface area contributed by atoms with Crippen LogP contribution in [0.1, 0.15) is 78.7 Å². The fourth-order valence-corrected chi connectivity index (χ4v) is 7.21. The minimum absolute atomic E-state index is 0.275. The van der Waals surface area contributed by atoms with Crippen LogP contribution < -0.4 is 26.7 Å². The molecule has 2 heterocycles. The van der Waals surface area contributed by atoms with Crippen LogP contribution in [0.4, 0.5) is 11.4 Å². The molecular formula is C37H47N5O4S. The Labute approximate surface area is 280 Å². The van der Waals surface area contributed by atoms with Gasteiger partial charge >= 0.3 is 0 Å². The van der Waals surface area contributed by atoms with Crippen molar-refractivity contribution in [2.75, 3.05) is 30.7 Å². The van der Waals surface area contributed by atoms with Crippen molar-refractivity contribution in [3.8, 4) is 5.75 Å². The van der Waals surface area contributed by atoms with Gasteiger partial charge in [0.15, 0.2) is 0 Å². The summed E-state index contributed by atoms with van der Waals surface area (Å²) in [6.45, 7) is 16.2. The summed E-state index contributed by atoms with van der Waals surface area (Å²) in [5, 5.41) is 6.55. The number of aryl methyl sites for hydroxylation is 1. The number of carbonyl (C=O) groups excluding carboxylic acids is 1. The molecule has 1 aliphatic heterocycles. The molecule has 0 saturated heterocycles. The minimum atomic E-state index is -1.39. The number of pyridine rings is 1. The summed E-state index contributed by atoms with van der Waals surface area (Å²) < 4.78 is 21.5. The molecule has 2 unspecified atom stereocenters. The van der Waals surface area contributed by atoms with Gasteiger partial charge in [-0.25, -0.2) is 8.51 Å². The molecule has 9 nitrogen and oxygen atoms in total. The van der Waals surface area contributed by atoms with E-state index in [0.717, 1.165) is 40.0 Å². The standard InChI is InChI=1S/C35H41N5O4S.C2H6/c1-6-37-28-15-14-27(23(3)33(28)36)32(35(4,5)39-34(42)25-13-16-31(41)38-20-25)24-12-11-22(2)26(19-24)21-40-17-18-44-29-9-7-8-10-30(29)45(40)43;1-2/h7-16,19-20,32,37H,6,17-18,21,36H2,1-5H3,(H,38,41)(H,39,42);1-2H3. The molecule has 5 N–H and O–H groups in total. The average molecular weight is 658 g/mol. The van der Waals surface area contributed by atoms with Gasteiger partial charge < -0.3 is 26.1 Å². The second-order valence-electron chi connectivity index (χ2n) is 11.9. The van der Waals surface area contributed by atoms with Gasteiger partial charge in [-0.05, 0) is 86.7 Å². The Morgan fingerprint density at radius 3 is 2.53 bits per heavy atom. The second kappa shape index (κ2) is 15.5.